The van der Waals surface area contributed by atoms with Crippen LogP contribution in [0.4, 0.5) is 0 Å². The number of halogens is 1. The Labute approximate surface area is 135 Å². The molecule has 0 saturated heterocycles. The summed E-state index contributed by atoms with van der Waals surface area (Å²) in [5, 5.41) is 7.48. The van der Waals surface area contributed by atoms with Gasteiger partial charge in [0.2, 0.25) is 0 Å². The fraction of sp³-hybridized carbons (Fsp3) is 0.375. The molecule has 1 heterocycles. The van der Waals surface area contributed by atoms with E-state index in [9.17, 15) is 4.79 Å². The highest BCUT2D eigenvalue weighted by atomic mass is 35.5. The van der Waals surface area contributed by atoms with Crippen LogP contribution < -0.4 is 10.1 Å². The lowest BCUT2D eigenvalue weighted by molar-refractivity contribution is -0.134. The molecule has 1 aromatic heterocycles. The minimum Gasteiger partial charge on any atom is -0.459 e. The molecule has 1 aromatic carbocycles. The van der Waals surface area contributed by atoms with E-state index in [-0.39, 0.29) is 11.8 Å². The lowest BCUT2D eigenvalue weighted by Crippen LogP contribution is -2.46. The van der Waals surface area contributed by atoms with Crippen molar-refractivity contribution in [1.29, 1.82) is 0 Å². The van der Waals surface area contributed by atoms with Crippen molar-refractivity contribution in [2.45, 2.75) is 32.8 Å². The quantitative estimate of drug-likeness (QED) is 0.888. The van der Waals surface area contributed by atoms with Gasteiger partial charge in [-0.05, 0) is 32.4 Å². The summed E-state index contributed by atoms with van der Waals surface area (Å²) in [6, 6.07) is 9.56. The molecule has 2 rings (SSSR count). The van der Waals surface area contributed by atoms with Crippen molar-refractivity contribution in [2.75, 3.05) is 6.54 Å². The zero-order chi connectivity index (χ0) is 16.2. The summed E-state index contributed by atoms with van der Waals surface area (Å²) in [6.07, 6.45) is 2.53. The van der Waals surface area contributed by atoms with Gasteiger partial charge in [0, 0.05) is 6.54 Å². The lowest BCUT2D eigenvalue weighted by atomic mass is 10.1. The van der Waals surface area contributed by atoms with Gasteiger partial charge < -0.3 is 10.1 Å². The summed E-state index contributed by atoms with van der Waals surface area (Å²) in [5.74, 6) is 0.0434. The second kappa shape index (κ2) is 6.83. The number of carbonyl (C=O) groups is 1. The van der Waals surface area contributed by atoms with Crippen LogP contribution in [-0.2, 0) is 4.79 Å². The van der Waals surface area contributed by atoms with E-state index in [2.05, 4.69) is 10.4 Å². The van der Waals surface area contributed by atoms with E-state index in [1.165, 1.54) is 0 Å². The molecule has 0 aliphatic heterocycles. The van der Waals surface area contributed by atoms with Crippen molar-refractivity contribution >= 4 is 17.5 Å². The number of ether oxygens (including phenoxy) is 1. The monoisotopic (exact) mass is 321 g/mol. The summed E-state index contributed by atoms with van der Waals surface area (Å²) in [6.45, 7) is 5.98. The van der Waals surface area contributed by atoms with Gasteiger partial charge in [-0.1, -0.05) is 36.7 Å². The number of carbonyl (C=O) groups excluding carboxylic acids is 1. The van der Waals surface area contributed by atoms with Gasteiger partial charge in [0.15, 0.2) is 5.60 Å². The smallest absolute Gasteiger partial charge is 0.263 e. The summed E-state index contributed by atoms with van der Waals surface area (Å²) >= 11 is 6.17. The highest BCUT2D eigenvalue weighted by molar-refractivity contribution is 6.31. The number of rotatable bonds is 6. The van der Waals surface area contributed by atoms with E-state index < -0.39 is 5.60 Å². The molecule has 1 amide bonds. The first-order valence-electron chi connectivity index (χ1n) is 7.22. The molecule has 2 aromatic rings. The third kappa shape index (κ3) is 3.80. The van der Waals surface area contributed by atoms with E-state index in [1.54, 1.807) is 24.7 Å². The van der Waals surface area contributed by atoms with Crippen LogP contribution in [0, 0.1) is 0 Å². The molecule has 118 valence electrons. The van der Waals surface area contributed by atoms with Crippen LogP contribution in [0.1, 0.15) is 27.2 Å². The summed E-state index contributed by atoms with van der Waals surface area (Å²) in [7, 11) is 0. The Kier molecular flexibility index (Phi) is 5.08. The Morgan fingerprint density at radius 1 is 1.36 bits per heavy atom. The maximum Gasteiger partial charge on any atom is 0.263 e. The van der Waals surface area contributed by atoms with Crippen molar-refractivity contribution in [3.8, 4) is 11.6 Å². The fourth-order valence-electron chi connectivity index (χ4n) is 1.86. The van der Waals surface area contributed by atoms with Gasteiger partial charge in [0.25, 0.3) is 11.8 Å². The lowest BCUT2D eigenvalue weighted by Gasteiger charge is -2.23. The van der Waals surface area contributed by atoms with Gasteiger partial charge in [-0.3, -0.25) is 4.79 Å². The van der Waals surface area contributed by atoms with Crippen LogP contribution in [0.3, 0.4) is 0 Å². The third-order valence-corrected chi connectivity index (χ3v) is 3.35. The Balaban J connectivity index is 2.16. The molecule has 0 aliphatic rings. The predicted molar refractivity (Wildman–Crippen MR) is 86.6 cm³/mol. The maximum atomic E-state index is 12.1. The number of hydrogen-bond donors (Lipinski definition) is 1. The van der Waals surface area contributed by atoms with Gasteiger partial charge in [-0.25, -0.2) is 4.68 Å². The van der Waals surface area contributed by atoms with Crippen molar-refractivity contribution in [1.82, 2.24) is 15.1 Å². The molecule has 0 atom stereocenters. The van der Waals surface area contributed by atoms with Crippen LogP contribution in [0.2, 0.25) is 5.02 Å². The second-order valence-corrected chi connectivity index (χ2v) is 5.84. The molecular weight excluding hydrogens is 302 g/mol. The molecule has 0 radical (unpaired) electrons. The number of hydrogen-bond acceptors (Lipinski definition) is 3. The van der Waals surface area contributed by atoms with Crippen molar-refractivity contribution < 1.29 is 9.53 Å². The SMILES string of the molecule is CCCNC(=O)C(C)(C)Oc1nn(-c2ccccc2)cc1Cl. The minimum atomic E-state index is -1.05. The number of para-hydroxylation sites is 1. The normalized spacial score (nSPS) is 11.3. The van der Waals surface area contributed by atoms with E-state index >= 15 is 0 Å². The van der Waals surface area contributed by atoms with Crippen LogP contribution in [-0.4, -0.2) is 27.8 Å². The zero-order valence-corrected chi connectivity index (χ0v) is 13.7. The van der Waals surface area contributed by atoms with Gasteiger partial charge in [-0.15, -0.1) is 5.10 Å². The Morgan fingerprint density at radius 2 is 2.05 bits per heavy atom. The molecule has 0 spiro atoms. The van der Waals surface area contributed by atoms with Gasteiger partial charge in [-0.2, -0.15) is 0 Å². The van der Waals surface area contributed by atoms with Crippen molar-refractivity contribution in [2.24, 2.45) is 0 Å². The first-order valence-corrected chi connectivity index (χ1v) is 7.59. The predicted octanol–water partition coefficient (Wildman–Crippen LogP) is 3.21. The molecule has 0 saturated carbocycles. The zero-order valence-electron chi connectivity index (χ0n) is 13.0. The van der Waals surface area contributed by atoms with Crippen LogP contribution >= 0.6 is 11.6 Å². The summed E-state index contributed by atoms with van der Waals surface area (Å²) in [4.78, 5) is 12.1. The van der Waals surface area contributed by atoms with Crippen LogP contribution in [0.5, 0.6) is 5.88 Å². The minimum absolute atomic E-state index is 0.195. The van der Waals surface area contributed by atoms with Gasteiger partial charge in [0.1, 0.15) is 5.02 Å². The highest BCUT2D eigenvalue weighted by Crippen LogP contribution is 2.27. The summed E-state index contributed by atoms with van der Waals surface area (Å²) in [5.41, 5.74) is -0.179. The van der Waals surface area contributed by atoms with Crippen LogP contribution in [0.15, 0.2) is 36.5 Å². The van der Waals surface area contributed by atoms with E-state index in [0.29, 0.717) is 11.6 Å². The molecule has 0 unspecified atom stereocenters. The average Bonchev–Trinajstić information content (AvgIpc) is 2.86. The molecule has 0 bridgehead atoms. The maximum absolute atomic E-state index is 12.1. The summed E-state index contributed by atoms with van der Waals surface area (Å²) < 4.78 is 7.34. The van der Waals surface area contributed by atoms with E-state index in [4.69, 9.17) is 16.3 Å². The van der Waals surface area contributed by atoms with Gasteiger partial charge in [0.05, 0.1) is 11.9 Å². The number of aromatic nitrogens is 2. The van der Waals surface area contributed by atoms with Crippen LogP contribution in [0.25, 0.3) is 5.69 Å². The number of benzene rings is 1. The Bertz CT molecular complexity index is 638. The molecule has 0 aliphatic carbocycles. The first-order chi connectivity index (χ1) is 10.4. The second-order valence-electron chi connectivity index (χ2n) is 5.43. The van der Waals surface area contributed by atoms with E-state index in [0.717, 1.165) is 12.1 Å². The van der Waals surface area contributed by atoms with E-state index in [1.807, 2.05) is 37.3 Å². The highest BCUT2D eigenvalue weighted by Gasteiger charge is 2.31. The third-order valence-electron chi connectivity index (χ3n) is 3.09. The van der Waals surface area contributed by atoms with Crippen molar-refractivity contribution in [3.63, 3.8) is 0 Å². The van der Waals surface area contributed by atoms with Gasteiger partial charge >= 0.3 is 0 Å². The molecule has 1 N–H and O–H groups in total. The number of amides is 1. The Hall–Kier alpha value is -2.01. The number of nitrogens with zero attached hydrogens (tertiary/aromatic N) is 2. The molecule has 6 heteroatoms. The number of nitrogens with one attached hydrogen (secondary N) is 1. The molecule has 22 heavy (non-hydrogen) atoms. The standard InChI is InChI=1S/C16H20ClN3O2/c1-4-10-18-15(21)16(2,3)22-14-13(17)11-20(19-14)12-8-6-5-7-9-12/h5-9,11H,4,10H2,1-3H3,(H,18,21). The first kappa shape index (κ1) is 16.4. The largest absolute Gasteiger partial charge is 0.459 e. The molecule has 5 nitrogen and oxygen atoms in total. The Morgan fingerprint density at radius 3 is 2.68 bits per heavy atom. The van der Waals surface area contributed by atoms with Crippen molar-refractivity contribution in [3.05, 3.63) is 41.6 Å². The average molecular weight is 322 g/mol. The molecular formula is C16H20ClN3O2. The fourth-order valence-corrected chi connectivity index (χ4v) is 2.03. The topological polar surface area (TPSA) is 56.1 Å². The molecule has 0 fully saturated rings.